The van der Waals surface area contributed by atoms with Crippen molar-refractivity contribution in [3.63, 3.8) is 0 Å². The second kappa shape index (κ2) is 5.55. The topological polar surface area (TPSA) is 67.9 Å². The molecule has 6 nitrogen and oxygen atoms in total. The van der Waals surface area contributed by atoms with Gasteiger partial charge in [-0.25, -0.2) is 9.69 Å². The lowest BCUT2D eigenvalue weighted by molar-refractivity contribution is -0.134. The highest BCUT2D eigenvalue weighted by Crippen LogP contribution is 2.27. The molecule has 0 unspecified atom stereocenters. The molecule has 0 aromatic heterocycles. The summed E-state index contributed by atoms with van der Waals surface area (Å²) in [7, 11) is 0. The van der Waals surface area contributed by atoms with E-state index in [1.54, 1.807) is 13.8 Å². The third-order valence-corrected chi connectivity index (χ3v) is 3.78. The molecule has 20 heavy (non-hydrogen) atoms. The maximum atomic E-state index is 12.6. The Labute approximate surface area is 123 Å². The SMILES string of the molecule is CCCC[C@@H]1OC(=S)N[C@H]1C(=O)N1C(=O)OCC1(C)C. The third-order valence-electron chi connectivity index (χ3n) is 3.57. The summed E-state index contributed by atoms with van der Waals surface area (Å²) in [6, 6.07) is -0.612. The summed E-state index contributed by atoms with van der Waals surface area (Å²) in [5, 5.41) is 3.08. The average Bonchev–Trinajstić information content (AvgIpc) is 2.87. The van der Waals surface area contributed by atoms with Crippen LogP contribution in [0, 0.1) is 0 Å². The molecule has 0 aliphatic carbocycles. The molecule has 2 fully saturated rings. The number of ether oxygens (including phenoxy) is 2. The lowest BCUT2D eigenvalue weighted by Gasteiger charge is -2.29. The van der Waals surface area contributed by atoms with Crippen LogP contribution in [-0.2, 0) is 14.3 Å². The normalized spacial score (nSPS) is 28.1. The minimum Gasteiger partial charge on any atom is -0.465 e. The van der Waals surface area contributed by atoms with Crippen LogP contribution in [0.1, 0.15) is 40.0 Å². The van der Waals surface area contributed by atoms with Gasteiger partial charge in [0, 0.05) is 0 Å². The summed E-state index contributed by atoms with van der Waals surface area (Å²) < 4.78 is 10.5. The monoisotopic (exact) mass is 300 g/mol. The van der Waals surface area contributed by atoms with E-state index in [2.05, 4.69) is 12.2 Å². The Hall–Kier alpha value is -1.37. The van der Waals surface area contributed by atoms with Crippen LogP contribution in [0.3, 0.4) is 0 Å². The first-order chi connectivity index (χ1) is 9.36. The van der Waals surface area contributed by atoms with Crippen LogP contribution in [0.15, 0.2) is 0 Å². The van der Waals surface area contributed by atoms with E-state index in [1.165, 1.54) is 4.90 Å². The molecule has 2 aliphatic heterocycles. The van der Waals surface area contributed by atoms with Crippen molar-refractivity contribution in [2.45, 2.75) is 57.7 Å². The molecule has 112 valence electrons. The van der Waals surface area contributed by atoms with Crippen LogP contribution in [0.2, 0.25) is 0 Å². The number of cyclic esters (lactones) is 1. The summed E-state index contributed by atoms with van der Waals surface area (Å²) in [6.07, 6.45) is 1.74. The van der Waals surface area contributed by atoms with Crippen molar-refractivity contribution < 1.29 is 19.1 Å². The van der Waals surface area contributed by atoms with Gasteiger partial charge in [0.1, 0.15) is 18.8 Å². The largest absolute Gasteiger partial charge is 0.465 e. The van der Waals surface area contributed by atoms with Gasteiger partial charge in [0.2, 0.25) is 0 Å². The molecule has 0 aromatic carbocycles. The van der Waals surface area contributed by atoms with E-state index in [4.69, 9.17) is 21.7 Å². The predicted octanol–water partition coefficient (Wildman–Crippen LogP) is 1.58. The number of carbonyl (C=O) groups is 2. The predicted molar refractivity (Wildman–Crippen MR) is 76.2 cm³/mol. The Morgan fingerprint density at radius 3 is 2.80 bits per heavy atom. The van der Waals surface area contributed by atoms with E-state index in [0.717, 1.165) is 19.3 Å². The average molecular weight is 300 g/mol. The van der Waals surface area contributed by atoms with Crippen LogP contribution in [0.4, 0.5) is 4.79 Å². The Morgan fingerprint density at radius 1 is 1.55 bits per heavy atom. The van der Waals surface area contributed by atoms with Crippen LogP contribution in [-0.4, -0.2) is 46.4 Å². The highest BCUT2D eigenvalue weighted by molar-refractivity contribution is 7.80. The molecule has 0 radical (unpaired) electrons. The van der Waals surface area contributed by atoms with Gasteiger partial charge in [-0.3, -0.25) is 4.79 Å². The number of imide groups is 1. The van der Waals surface area contributed by atoms with Gasteiger partial charge in [0.15, 0.2) is 0 Å². The third kappa shape index (κ3) is 2.72. The van der Waals surface area contributed by atoms with Gasteiger partial charge in [-0.05, 0) is 38.9 Å². The lowest BCUT2D eigenvalue weighted by atomic mass is 10.0. The van der Waals surface area contributed by atoms with Crippen molar-refractivity contribution in [3.8, 4) is 0 Å². The van der Waals surface area contributed by atoms with Crippen molar-refractivity contribution in [1.82, 2.24) is 10.2 Å². The molecule has 2 atom stereocenters. The molecular formula is C13H20N2O4S. The van der Waals surface area contributed by atoms with Crippen LogP contribution in [0.25, 0.3) is 0 Å². The van der Waals surface area contributed by atoms with Crippen molar-refractivity contribution >= 4 is 29.4 Å². The highest BCUT2D eigenvalue weighted by Gasteiger charge is 2.49. The van der Waals surface area contributed by atoms with E-state index >= 15 is 0 Å². The van der Waals surface area contributed by atoms with Crippen molar-refractivity contribution in [2.24, 2.45) is 0 Å². The van der Waals surface area contributed by atoms with Crippen molar-refractivity contribution in [3.05, 3.63) is 0 Å². The molecular weight excluding hydrogens is 280 g/mol. The van der Waals surface area contributed by atoms with E-state index in [-0.39, 0.29) is 23.8 Å². The number of unbranched alkanes of at least 4 members (excludes halogenated alkanes) is 1. The summed E-state index contributed by atoms with van der Waals surface area (Å²) in [5.74, 6) is -0.335. The molecule has 2 amide bonds. The summed E-state index contributed by atoms with van der Waals surface area (Å²) >= 11 is 4.98. The van der Waals surface area contributed by atoms with E-state index in [9.17, 15) is 9.59 Å². The van der Waals surface area contributed by atoms with Gasteiger partial charge < -0.3 is 14.8 Å². The van der Waals surface area contributed by atoms with Crippen LogP contribution < -0.4 is 5.32 Å². The van der Waals surface area contributed by atoms with Crippen LogP contribution >= 0.6 is 12.2 Å². The van der Waals surface area contributed by atoms with E-state index in [0.29, 0.717) is 0 Å². The Morgan fingerprint density at radius 2 is 2.25 bits per heavy atom. The maximum Gasteiger partial charge on any atom is 0.417 e. The first kappa shape index (κ1) is 15.0. The molecule has 0 aromatic rings. The zero-order valence-corrected chi connectivity index (χ0v) is 12.8. The summed E-state index contributed by atoms with van der Waals surface area (Å²) in [4.78, 5) is 25.6. The van der Waals surface area contributed by atoms with Gasteiger partial charge in [-0.1, -0.05) is 13.3 Å². The minimum absolute atomic E-state index is 0.204. The van der Waals surface area contributed by atoms with Gasteiger partial charge in [-0.2, -0.15) is 0 Å². The number of rotatable bonds is 4. The number of carbonyl (C=O) groups excluding carboxylic acids is 2. The lowest BCUT2D eigenvalue weighted by Crippen LogP contribution is -2.55. The first-order valence-electron chi connectivity index (χ1n) is 6.85. The number of nitrogens with one attached hydrogen (secondary N) is 1. The molecule has 2 heterocycles. The van der Waals surface area contributed by atoms with Crippen molar-refractivity contribution in [1.29, 1.82) is 0 Å². The van der Waals surface area contributed by atoms with E-state index in [1.807, 2.05) is 0 Å². The summed E-state index contributed by atoms with van der Waals surface area (Å²) in [5.41, 5.74) is -0.643. The number of hydrogen-bond donors (Lipinski definition) is 1. The van der Waals surface area contributed by atoms with Gasteiger partial charge in [-0.15, -0.1) is 0 Å². The number of thiocarbonyl (C=S) groups is 1. The second-order valence-corrected chi connectivity index (χ2v) is 6.12. The maximum absolute atomic E-state index is 12.6. The first-order valence-corrected chi connectivity index (χ1v) is 7.25. The summed E-state index contributed by atoms with van der Waals surface area (Å²) in [6.45, 7) is 5.86. The Kier molecular flexibility index (Phi) is 4.17. The molecule has 2 saturated heterocycles. The molecule has 1 N–H and O–H groups in total. The van der Waals surface area contributed by atoms with E-state index < -0.39 is 17.7 Å². The smallest absolute Gasteiger partial charge is 0.417 e. The molecule has 0 spiro atoms. The molecule has 2 rings (SSSR count). The fraction of sp³-hybridized carbons (Fsp3) is 0.769. The molecule has 2 aliphatic rings. The van der Waals surface area contributed by atoms with Gasteiger partial charge in [0.25, 0.3) is 11.1 Å². The minimum atomic E-state index is -0.643. The standard InChI is InChI=1S/C13H20N2O4S/c1-4-5-6-8-9(14-11(20)19-8)10(16)15-12(17)18-7-13(15,2)3/h8-9H,4-7H2,1-3H3,(H,14,20)/t8-,9+/m0/s1. The number of hydrogen-bond acceptors (Lipinski definition) is 5. The fourth-order valence-corrected chi connectivity index (χ4v) is 2.70. The number of nitrogens with zero attached hydrogens (tertiary/aromatic N) is 1. The van der Waals surface area contributed by atoms with Crippen LogP contribution in [0.5, 0.6) is 0 Å². The Balaban J connectivity index is 2.14. The highest BCUT2D eigenvalue weighted by atomic mass is 32.1. The molecule has 7 heteroatoms. The molecule has 0 bridgehead atoms. The second-order valence-electron chi connectivity index (χ2n) is 5.75. The van der Waals surface area contributed by atoms with Gasteiger partial charge >= 0.3 is 6.09 Å². The van der Waals surface area contributed by atoms with Gasteiger partial charge in [0.05, 0.1) is 5.54 Å². The quantitative estimate of drug-likeness (QED) is 0.795. The fourth-order valence-electron chi connectivity index (χ4n) is 2.45. The number of amides is 2. The van der Waals surface area contributed by atoms with Crippen molar-refractivity contribution in [2.75, 3.05) is 6.61 Å². The molecule has 0 saturated carbocycles. The zero-order valence-electron chi connectivity index (χ0n) is 12.0. The Bertz CT molecular complexity index is 438. The zero-order chi connectivity index (χ0) is 14.9.